The van der Waals surface area contributed by atoms with E-state index in [2.05, 4.69) is 10.4 Å². The van der Waals surface area contributed by atoms with Gasteiger partial charge in [0.05, 0.1) is 36.0 Å². The van der Waals surface area contributed by atoms with E-state index in [-0.39, 0.29) is 29.2 Å². The zero-order valence-corrected chi connectivity index (χ0v) is 17.2. The number of halogens is 1. The van der Waals surface area contributed by atoms with Crippen LogP contribution in [-0.2, 0) is 30.7 Å². The Morgan fingerprint density at radius 2 is 2.28 bits per heavy atom. The van der Waals surface area contributed by atoms with E-state index in [0.29, 0.717) is 23.4 Å². The summed E-state index contributed by atoms with van der Waals surface area (Å²) >= 11 is 6.33. The summed E-state index contributed by atoms with van der Waals surface area (Å²) in [5, 5.41) is 7.11. The van der Waals surface area contributed by atoms with E-state index >= 15 is 0 Å². The number of carbonyl (C=O) groups excluding carboxylic acids is 2. The van der Waals surface area contributed by atoms with E-state index in [9.17, 15) is 18.0 Å². The Balaban J connectivity index is 1.54. The summed E-state index contributed by atoms with van der Waals surface area (Å²) in [6.07, 6.45) is 4.52. The number of amides is 1. The summed E-state index contributed by atoms with van der Waals surface area (Å²) in [6, 6.07) is 3.09. The van der Waals surface area contributed by atoms with E-state index < -0.39 is 28.3 Å². The summed E-state index contributed by atoms with van der Waals surface area (Å²) in [4.78, 5) is 23.6. The van der Waals surface area contributed by atoms with Crippen molar-refractivity contribution in [3.05, 3.63) is 46.6 Å². The number of hydrogen-bond acceptors (Lipinski definition) is 7. The van der Waals surface area contributed by atoms with Crippen molar-refractivity contribution in [3.63, 3.8) is 0 Å². The lowest BCUT2D eigenvalue weighted by Gasteiger charge is -2.09. The Labute approximate surface area is 172 Å². The largest absolute Gasteiger partial charge is 0.467 e. The summed E-state index contributed by atoms with van der Waals surface area (Å²) in [6.45, 7) is 1.47. The van der Waals surface area contributed by atoms with E-state index in [4.69, 9.17) is 20.8 Å². The smallest absolute Gasteiger partial charge is 0.331 e. The van der Waals surface area contributed by atoms with Gasteiger partial charge in [0.1, 0.15) is 10.9 Å². The molecule has 1 fully saturated rings. The molecule has 1 saturated heterocycles. The van der Waals surface area contributed by atoms with Crippen LogP contribution in [0.1, 0.15) is 29.5 Å². The molecule has 1 atom stereocenters. The molecule has 2 aromatic rings. The number of nitrogens with zero attached hydrogens (tertiary/aromatic N) is 2. The molecule has 0 aromatic carbocycles. The first-order valence-corrected chi connectivity index (χ1v) is 11.0. The van der Waals surface area contributed by atoms with Crippen LogP contribution in [0.4, 0.5) is 0 Å². The highest BCUT2D eigenvalue weighted by Crippen LogP contribution is 2.30. The lowest BCUT2D eigenvalue weighted by molar-refractivity contribution is -0.143. The van der Waals surface area contributed by atoms with E-state index in [1.807, 2.05) is 0 Å². The number of esters is 1. The minimum atomic E-state index is -3.08. The third kappa shape index (κ3) is 5.48. The molecular weight excluding hydrogens is 422 g/mol. The van der Waals surface area contributed by atoms with Gasteiger partial charge in [0.15, 0.2) is 16.4 Å². The molecule has 1 aliphatic heterocycles. The topological polar surface area (TPSA) is 121 Å². The van der Waals surface area contributed by atoms with Gasteiger partial charge in [0.2, 0.25) is 0 Å². The zero-order valence-electron chi connectivity index (χ0n) is 15.6. The predicted molar refractivity (Wildman–Crippen MR) is 105 cm³/mol. The molecule has 1 N–H and O–H groups in total. The molecule has 29 heavy (non-hydrogen) atoms. The molecule has 0 saturated carbocycles. The van der Waals surface area contributed by atoms with Gasteiger partial charge >= 0.3 is 5.97 Å². The van der Waals surface area contributed by atoms with Gasteiger partial charge in [-0.1, -0.05) is 11.6 Å². The van der Waals surface area contributed by atoms with Crippen molar-refractivity contribution < 1.29 is 27.2 Å². The Morgan fingerprint density at radius 3 is 2.93 bits per heavy atom. The second-order valence-electron chi connectivity index (χ2n) is 6.59. The molecule has 1 unspecified atom stereocenters. The molecule has 0 aliphatic carbocycles. The van der Waals surface area contributed by atoms with Crippen molar-refractivity contribution in [3.8, 4) is 0 Å². The highest BCUT2D eigenvalue weighted by Gasteiger charge is 2.31. The molecule has 9 nitrogen and oxygen atoms in total. The van der Waals surface area contributed by atoms with Gasteiger partial charge in [0.25, 0.3) is 5.91 Å². The third-order valence-electron chi connectivity index (χ3n) is 4.40. The number of hydrogen-bond donors (Lipinski definition) is 1. The van der Waals surface area contributed by atoms with Crippen molar-refractivity contribution in [1.29, 1.82) is 0 Å². The highest BCUT2D eigenvalue weighted by molar-refractivity contribution is 7.91. The first-order chi connectivity index (χ1) is 13.7. The minimum absolute atomic E-state index is 0.00778. The summed E-state index contributed by atoms with van der Waals surface area (Å²) in [5.41, 5.74) is 1.05. The number of ether oxygens (including phenoxy) is 1. The average molecular weight is 442 g/mol. The number of carbonyl (C=O) groups is 2. The number of furan rings is 1. The molecule has 11 heteroatoms. The Kier molecular flexibility index (Phi) is 6.43. The second-order valence-corrected chi connectivity index (χ2v) is 9.18. The van der Waals surface area contributed by atoms with Crippen LogP contribution >= 0.6 is 11.6 Å². The van der Waals surface area contributed by atoms with E-state index in [1.165, 1.54) is 17.0 Å². The Morgan fingerprint density at radius 1 is 1.48 bits per heavy atom. The lowest BCUT2D eigenvalue weighted by atomic mass is 10.2. The Hall–Kier alpha value is -2.59. The number of nitrogens with one attached hydrogen (secondary N) is 1. The van der Waals surface area contributed by atoms with Crippen molar-refractivity contribution >= 4 is 39.4 Å². The fraction of sp³-hybridized carbons (Fsp3) is 0.389. The molecule has 2 aromatic heterocycles. The van der Waals surface area contributed by atoms with Crippen molar-refractivity contribution in [1.82, 2.24) is 15.1 Å². The van der Waals surface area contributed by atoms with Gasteiger partial charge in [-0.25, -0.2) is 17.9 Å². The van der Waals surface area contributed by atoms with Crippen LogP contribution in [0.5, 0.6) is 0 Å². The van der Waals surface area contributed by atoms with Gasteiger partial charge in [-0.15, -0.1) is 0 Å². The SMILES string of the molecule is Cc1nn(C2CCS(=O)(=O)C2)c(Cl)c1/C=C/C(=O)OCC(=O)NCc1ccco1. The van der Waals surface area contributed by atoms with Crippen molar-refractivity contribution in [2.24, 2.45) is 0 Å². The van der Waals surface area contributed by atoms with E-state index in [0.717, 1.165) is 6.08 Å². The normalized spacial score (nSPS) is 18.2. The first kappa shape index (κ1) is 21.1. The van der Waals surface area contributed by atoms with Crippen LogP contribution in [0.3, 0.4) is 0 Å². The molecule has 3 heterocycles. The average Bonchev–Trinajstić information content (AvgIpc) is 3.37. The van der Waals surface area contributed by atoms with Gasteiger partial charge in [-0.05, 0) is 31.6 Å². The minimum Gasteiger partial charge on any atom is -0.467 e. The zero-order chi connectivity index (χ0) is 21.0. The molecule has 0 bridgehead atoms. The van der Waals surface area contributed by atoms with Crippen LogP contribution in [0, 0.1) is 6.92 Å². The van der Waals surface area contributed by atoms with Gasteiger partial charge in [-0.2, -0.15) is 5.10 Å². The summed E-state index contributed by atoms with van der Waals surface area (Å²) < 4.78 is 34.8. The number of aromatic nitrogens is 2. The highest BCUT2D eigenvalue weighted by atomic mass is 35.5. The van der Waals surface area contributed by atoms with Crippen LogP contribution < -0.4 is 5.32 Å². The molecule has 156 valence electrons. The van der Waals surface area contributed by atoms with Crippen molar-refractivity contribution in [2.75, 3.05) is 18.1 Å². The predicted octanol–water partition coefficient (Wildman–Crippen LogP) is 1.67. The fourth-order valence-corrected chi connectivity index (χ4v) is 4.99. The fourth-order valence-electron chi connectivity index (χ4n) is 2.92. The maximum Gasteiger partial charge on any atom is 0.331 e. The monoisotopic (exact) mass is 441 g/mol. The maximum atomic E-state index is 11.9. The van der Waals surface area contributed by atoms with Gasteiger partial charge in [0, 0.05) is 11.6 Å². The molecule has 1 aliphatic rings. The summed E-state index contributed by atoms with van der Waals surface area (Å²) in [7, 11) is -3.08. The number of rotatable bonds is 7. The third-order valence-corrected chi connectivity index (χ3v) is 6.52. The standard InChI is InChI=1S/C18H20ClN3O6S/c1-12-15(18(19)22(21-12)13-6-8-29(25,26)11-13)4-5-17(24)28-10-16(23)20-9-14-3-2-7-27-14/h2-5,7,13H,6,8-11H2,1H3,(H,20,23)/b5-4+. The molecule has 0 radical (unpaired) electrons. The lowest BCUT2D eigenvalue weighted by Crippen LogP contribution is -2.27. The summed E-state index contributed by atoms with van der Waals surface area (Å²) in [5.74, 6) is -0.502. The number of sulfone groups is 1. The first-order valence-electron chi connectivity index (χ1n) is 8.84. The van der Waals surface area contributed by atoms with Crippen LogP contribution in [0.25, 0.3) is 6.08 Å². The van der Waals surface area contributed by atoms with Gasteiger partial charge < -0.3 is 14.5 Å². The van der Waals surface area contributed by atoms with E-state index in [1.54, 1.807) is 19.1 Å². The van der Waals surface area contributed by atoms with Crippen molar-refractivity contribution in [2.45, 2.75) is 25.9 Å². The molecular formula is C18H20ClN3O6S. The van der Waals surface area contributed by atoms with Crippen LogP contribution in [0.15, 0.2) is 28.9 Å². The molecule has 0 spiro atoms. The quantitative estimate of drug-likeness (QED) is 0.512. The number of aryl methyl sites for hydroxylation is 1. The van der Waals surface area contributed by atoms with Gasteiger partial charge in [-0.3, -0.25) is 4.79 Å². The Bertz CT molecular complexity index is 1030. The molecule has 1 amide bonds. The van der Waals surface area contributed by atoms with Crippen LogP contribution in [0.2, 0.25) is 5.15 Å². The van der Waals surface area contributed by atoms with Crippen LogP contribution in [-0.4, -0.2) is 48.2 Å². The maximum absolute atomic E-state index is 11.9. The molecule has 3 rings (SSSR count). The second kappa shape index (κ2) is 8.83.